The molecule has 4 N–H and O–H groups in total. The largest absolute Gasteiger partial charge is 0.389 e. The molecule has 1 amide bonds. The first-order valence-electron chi connectivity index (χ1n) is 6.31. The third-order valence-corrected chi connectivity index (χ3v) is 3.83. The fourth-order valence-electron chi connectivity index (χ4n) is 2.45. The Balaban J connectivity index is 2.33. The van der Waals surface area contributed by atoms with Crippen molar-refractivity contribution in [1.82, 2.24) is 4.98 Å². The van der Waals surface area contributed by atoms with E-state index in [9.17, 15) is 4.79 Å². The van der Waals surface area contributed by atoms with Gasteiger partial charge in [-0.3, -0.25) is 4.79 Å². The average molecular weight is 278 g/mol. The summed E-state index contributed by atoms with van der Waals surface area (Å²) in [6.45, 7) is 2.68. The van der Waals surface area contributed by atoms with Crippen molar-refractivity contribution >= 4 is 28.9 Å². The highest BCUT2D eigenvalue weighted by atomic mass is 32.1. The van der Waals surface area contributed by atoms with Crippen LogP contribution in [0.1, 0.15) is 25.3 Å². The molecule has 1 aromatic rings. The Labute approximate surface area is 118 Å². The fraction of sp³-hybridized carbons (Fsp3) is 0.462. The third kappa shape index (κ3) is 2.84. The van der Waals surface area contributed by atoms with Crippen LogP contribution in [0.4, 0.5) is 5.82 Å². The van der Waals surface area contributed by atoms with E-state index in [1.54, 1.807) is 12.3 Å². The summed E-state index contributed by atoms with van der Waals surface area (Å²) >= 11 is 5.06. The van der Waals surface area contributed by atoms with Crippen LogP contribution < -0.4 is 16.4 Å². The van der Waals surface area contributed by atoms with E-state index in [2.05, 4.69) is 16.8 Å². The van der Waals surface area contributed by atoms with Crippen molar-refractivity contribution in [2.75, 3.05) is 11.4 Å². The minimum Gasteiger partial charge on any atom is -0.389 e. The van der Waals surface area contributed by atoms with Gasteiger partial charge in [0, 0.05) is 18.8 Å². The first-order chi connectivity index (χ1) is 9.00. The molecule has 0 bridgehead atoms. The Morgan fingerprint density at radius 1 is 1.47 bits per heavy atom. The molecule has 0 radical (unpaired) electrons. The van der Waals surface area contributed by atoms with Crippen LogP contribution in [0.25, 0.3) is 0 Å². The molecular weight excluding hydrogens is 260 g/mol. The summed E-state index contributed by atoms with van der Waals surface area (Å²) in [6.07, 6.45) is 3.43. The van der Waals surface area contributed by atoms with Crippen molar-refractivity contribution in [2.24, 2.45) is 17.4 Å². The molecular formula is C13H18N4OS. The Kier molecular flexibility index (Phi) is 3.99. The van der Waals surface area contributed by atoms with Gasteiger partial charge in [-0.05, 0) is 31.9 Å². The smallest absolute Gasteiger partial charge is 0.222 e. The highest BCUT2D eigenvalue weighted by Crippen LogP contribution is 2.28. The summed E-state index contributed by atoms with van der Waals surface area (Å²) in [7, 11) is 0. The molecule has 1 aromatic heterocycles. The lowest BCUT2D eigenvalue weighted by Gasteiger charge is -2.38. The van der Waals surface area contributed by atoms with Crippen molar-refractivity contribution in [1.29, 1.82) is 0 Å². The van der Waals surface area contributed by atoms with E-state index < -0.39 is 0 Å². The SMILES string of the molecule is CC1CCC(C(N)=O)CN1c1ncccc1C(N)=S. The average Bonchev–Trinajstić information content (AvgIpc) is 2.39. The first-order valence-corrected chi connectivity index (χ1v) is 6.72. The zero-order valence-corrected chi connectivity index (χ0v) is 11.7. The van der Waals surface area contributed by atoms with E-state index in [0.29, 0.717) is 17.6 Å². The number of hydrogen-bond donors (Lipinski definition) is 2. The monoisotopic (exact) mass is 278 g/mol. The molecule has 1 aliphatic rings. The number of anilines is 1. The molecule has 1 saturated heterocycles. The lowest BCUT2D eigenvalue weighted by Crippen LogP contribution is -2.46. The quantitative estimate of drug-likeness (QED) is 0.799. The molecule has 102 valence electrons. The molecule has 0 spiro atoms. The number of carbonyl (C=O) groups excluding carboxylic acids is 1. The number of pyridine rings is 1. The number of carbonyl (C=O) groups is 1. The highest BCUT2D eigenvalue weighted by Gasteiger charge is 2.30. The number of thiocarbonyl (C=S) groups is 1. The molecule has 0 aliphatic carbocycles. The van der Waals surface area contributed by atoms with Gasteiger partial charge in [0.1, 0.15) is 10.8 Å². The van der Waals surface area contributed by atoms with Crippen LogP contribution in [0.5, 0.6) is 0 Å². The van der Waals surface area contributed by atoms with Crippen molar-refractivity contribution < 1.29 is 4.79 Å². The van der Waals surface area contributed by atoms with Crippen molar-refractivity contribution in [3.8, 4) is 0 Å². The summed E-state index contributed by atoms with van der Waals surface area (Å²) in [4.78, 5) is 18.1. The van der Waals surface area contributed by atoms with E-state index >= 15 is 0 Å². The minimum atomic E-state index is -0.260. The number of nitrogens with zero attached hydrogens (tertiary/aromatic N) is 2. The lowest BCUT2D eigenvalue weighted by molar-refractivity contribution is -0.122. The Bertz CT molecular complexity index is 505. The van der Waals surface area contributed by atoms with Crippen LogP contribution in [0, 0.1) is 5.92 Å². The van der Waals surface area contributed by atoms with E-state index in [4.69, 9.17) is 23.7 Å². The molecule has 0 saturated carbocycles. The van der Waals surface area contributed by atoms with Gasteiger partial charge in [0.05, 0.1) is 11.5 Å². The molecule has 6 heteroatoms. The normalized spacial score (nSPS) is 23.1. The Morgan fingerprint density at radius 2 is 2.21 bits per heavy atom. The molecule has 2 unspecified atom stereocenters. The molecule has 1 fully saturated rings. The maximum Gasteiger partial charge on any atom is 0.222 e. The number of nitrogens with two attached hydrogens (primary N) is 2. The van der Waals surface area contributed by atoms with E-state index in [1.807, 2.05) is 6.07 Å². The van der Waals surface area contributed by atoms with Crippen molar-refractivity contribution in [3.63, 3.8) is 0 Å². The van der Waals surface area contributed by atoms with E-state index in [1.165, 1.54) is 0 Å². The number of hydrogen-bond acceptors (Lipinski definition) is 4. The second-order valence-corrected chi connectivity index (χ2v) is 5.36. The van der Waals surface area contributed by atoms with E-state index in [-0.39, 0.29) is 11.8 Å². The maximum absolute atomic E-state index is 11.4. The molecule has 19 heavy (non-hydrogen) atoms. The van der Waals surface area contributed by atoms with Crippen LogP contribution >= 0.6 is 12.2 Å². The molecule has 2 atom stereocenters. The maximum atomic E-state index is 11.4. The van der Waals surface area contributed by atoms with Crippen LogP contribution in [-0.2, 0) is 4.79 Å². The summed E-state index contributed by atoms with van der Waals surface area (Å²) in [5, 5.41) is 0. The third-order valence-electron chi connectivity index (χ3n) is 3.61. The second kappa shape index (κ2) is 5.52. The Hall–Kier alpha value is -1.69. The van der Waals surface area contributed by atoms with Gasteiger partial charge < -0.3 is 16.4 Å². The summed E-state index contributed by atoms with van der Waals surface area (Å²) in [6, 6.07) is 3.95. The topological polar surface area (TPSA) is 85.2 Å². The van der Waals surface area contributed by atoms with Gasteiger partial charge in [0.15, 0.2) is 0 Å². The second-order valence-electron chi connectivity index (χ2n) is 4.92. The zero-order valence-electron chi connectivity index (χ0n) is 10.9. The predicted octanol–water partition coefficient (Wildman–Crippen LogP) is 0.806. The highest BCUT2D eigenvalue weighted by molar-refractivity contribution is 7.80. The number of piperidine rings is 1. The van der Waals surface area contributed by atoms with Crippen molar-refractivity contribution in [2.45, 2.75) is 25.8 Å². The first kappa shape index (κ1) is 13.7. The van der Waals surface area contributed by atoms with Gasteiger partial charge in [-0.25, -0.2) is 4.98 Å². The van der Waals surface area contributed by atoms with Crippen molar-refractivity contribution in [3.05, 3.63) is 23.9 Å². The van der Waals surface area contributed by atoms with Gasteiger partial charge in [0.2, 0.25) is 5.91 Å². The summed E-state index contributed by atoms with van der Waals surface area (Å²) in [5.74, 6) is 0.343. The van der Waals surface area contributed by atoms with Crippen LogP contribution in [0.2, 0.25) is 0 Å². The molecule has 5 nitrogen and oxygen atoms in total. The number of aromatic nitrogens is 1. The molecule has 1 aliphatic heterocycles. The van der Waals surface area contributed by atoms with Crippen LogP contribution in [0.3, 0.4) is 0 Å². The standard InChI is InChI=1S/C13H18N4OS/c1-8-4-5-9(11(14)18)7-17(8)13-10(12(15)19)3-2-6-16-13/h2-3,6,8-9H,4-5,7H2,1H3,(H2,14,18)(H2,15,19). The minimum absolute atomic E-state index is 0.141. The summed E-state index contributed by atoms with van der Waals surface area (Å²) < 4.78 is 0. The van der Waals surface area contributed by atoms with Gasteiger partial charge in [-0.1, -0.05) is 12.2 Å². The van der Waals surface area contributed by atoms with Crippen LogP contribution in [-0.4, -0.2) is 28.5 Å². The van der Waals surface area contributed by atoms with Gasteiger partial charge in [-0.2, -0.15) is 0 Å². The molecule has 0 aromatic carbocycles. The van der Waals surface area contributed by atoms with E-state index in [0.717, 1.165) is 24.2 Å². The Morgan fingerprint density at radius 3 is 2.84 bits per heavy atom. The van der Waals surface area contributed by atoms with Gasteiger partial charge >= 0.3 is 0 Å². The number of amides is 1. The lowest BCUT2D eigenvalue weighted by atomic mass is 9.92. The summed E-state index contributed by atoms with van der Waals surface area (Å²) in [5.41, 5.74) is 11.9. The van der Waals surface area contributed by atoms with Gasteiger partial charge in [0.25, 0.3) is 0 Å². The fourth-order valence-corrected chi connectivity index (χ4v) is 2.61. The molecule has 2 heterocycles. The molecule has 2 rings (SSSR count). The number of primary amides is 1. The zero-order chi connectivity index (χ0) is 14.0. The van der Waals surface area contributed by atoms with Gasteiger partial charge in [-0.15, -0.1) is 0 Å². The number of rotatable bonds is 3. The van der Waals surface area contributed by atoms with Crippen LogP contribution in [0.15, 0.2) is 18.3 Å². The predicted molar refractivity (Wildman–Crippen MR) is 78.9 cm³/mol.